The lowest BCUT2D eigenvalue weighted by Crippen LogP contribution is -2.56. The van der Waals surface area contributed by atoms with Gasteiger partial charge in [-0.1, -0.05) is 32.4 Å². The first-order valence-corrected chi connectivity index (χ1v) is 7.32. The van der Waals surface area contributed by atoms with Crippen LogP contribution in [0.4, 0.5) is 4.39 Å². The number of hydrogen-bond donors (Lipinski definition) is 2. The molecule has 1 aliphatic carbocycles. The number of nitrogens with one attached hydrogen (secondary N) is 1. The molecular weight excluding hydrogens is 255 g/mol. The summed E-state index contributed by atoms with van der Waals surface area (Å²) in [5, 5.41) is 3.09. The van der Waals surface area contributed by atoms with Gasteiger partial charge in [0.15, 0.2) is 0 Å². The number of nitrogens with two attached hydrogens (primary N) is 1. The molecule has 1 aromatic rings. The lowest BCUT2D eigenvalue weighted by molar-refractivity contribution is -0.126. The van der Waals surface area contributed by atoms with Crippen molar-refractivity contribution in [2.75, 3.05) is 0 Å². The van der Waals surface area contributed by atoms with E-state index in [0.717, 1.165) is 31.2 Å². The SMILES string of the molecule is CCC(C)[C@H](N)C(=O)NC1(c2ccc(F)cc2)CCC1. The molecule has 1 aliphatic rings. The summed E-state index contributed by atoms with van der Waals surface area (Å²) in [6, 6.07) is 5.90. The van der Waals surface area contributed by atoms with Gasteiger partial charge in [-0.25, -0.2) is 4.39 Å². The molecule has 2 rings (SSSR count). The highest BCUT2D eigenvalue weighted by molar-refractivity contribution is 5.82. The van der Waals surface area contributed by atoms with Crippen LogP contribution in [-0.4, -0.2) is 11.9 Å². The van der Waals surface area contributed by atoms with E-state index in [9.17, 15) is 9.18 Å². The predicted octanol–water partition coefficient (Wildman–Crippen LogP) is 2.69. The van der Waals surface area contributed by atoms with Crippen LogP contribution in [0.15, 0.2) is 24.3 Å². The Hall–Kier alpha value is -1.42. The summed E-state index contributed by atoms with van der Waals surface area (Å²) in [4.78, 5) is 12.3. The van der Waals surface area contributed by atoms with Crippen LogP contribution in [0, 0.1) is 11.7 Å². The first kappa shape index (κ1) is 15.0. The van der Waals surface area contributed by atoms with Crippen molar-refractivity contribution in [3.63, 3.8) is 0 Å². The first-order chi connectivity index (χ1) is 9.48. The van der Waals surface area contributed by atoms with E-state index in [1.165, 1.54) is 12.1 Å². The van der Waals surface area contributed by atoms with Crippen LogP contribution >= 0.6 is 0 Å². The van der Waals surface area contributed by atoms with Crippen LogP contribution in [-0.2, 0) is 10.3 Å². The van der Waals surface area contributed by atoms with Gasteiger partial charge in [0.2, 0.25) is 5.91 Å². The molecular formula is C16H23FN2O. The first-order valence-electron chi connectivity index (χ1n) is 7.32. The molecule has 20 heavy (non-hydrogen) atoms. The molecule has 2 atom stereocenters. The molecule has 1 aromatic carbocycles. The van der Waals surface area contributed by atoms with Gasteiger partial charge >= 0.3 is 0 Å². The minimum atomic E-state index is -0.488. The van der Waals surface area contributed by atoms with Crippen LogP contribution < -0.4 is 11.1 Å². The fraction of sp³-hybridized carbons (Fsp3) is 0.562. The summed E-state index contributed by atoms with van der Waals surface area (Å²) < 4.78 is 13.0. The van der Waals surface area contributed by atoms with Crippen molar-refractivity contribution in [2.45, 2.75) is 51.1 Å². The van der Waals surface area contributed by atoms with Crippen LogP contribution in [0.5, 0.6) is 0 Å². The van der Waals surface area contributed by atoms with Crippen molar-refractivity contribution >= 4 is 5.91 Å². The smallest absolute Gasteiger partial charge is 0.237 e. The molecule has 0 radical (unpaired) electrons. The Bertz CT molecular complexity index is 468. The van der Waals surface area contributed by atoms with Crippen LogP contribution in [0.25, 0.3) is 0 Å². The second kappa shape index (κ2) is 5.92. The number of amides is 1. The van der Waals surface area contributed by atoms with Gasteiger partial charge in [0.25, 0.3) is 0 Å². The maximum Gasteiger partial charge on any atom is 0.237 e. The fourth-order valence-electron chi connectivity index (χ4n) is 2.62. The second-order valence-corrected chi connectivity index (χ2v) is 5.84. The zero-order valence-corrected chi connectivity index (χ0v) is 12.2. The van der Waals surface area contributed by atoms with Crippen molar-refractivity contribution in [3.8, 4) is 0 Å². The third-order valence-corrected chi connectivity index (χ3v) is 4.53. The summed E-state index contributed by atoms with van der Waals surface area (Å²) in [6.45, 7) is 4.01. The molecule has 1 unspecified atom stereocenters. The number of halogens is 1. The standard InChI is InChI=1S/C16H23FN2O/c1-3-11(2)14(18)15(20)19-16(9-4-10-16)12-5-7-13(17)8-6-12/h5-8,11,14H,3-4,9-10,18H2,1-2H3,(H,19,20)/t11?,14-/m0/s1. The molecule has 0 aliphatic heterocycles. The second-order valence-electron chi connectivity index (χ2n) is 5.84. The lowest BCUT2D eigenvalue weighted by Gasteiger charge is -2.44. The van der Waals surface area contributed by atoms with Gasteiger partial charge in [-0.3, -0.25) is 4.79 Å². The highest BCUT2D eigenvalue weighted by Gasteiger charge is 2.41. The quantitative estimate of drug-likeness (QED) is 0.870. The molecule has 110 valence electrons. The number of carbonyl (C=O) groups excluding carboxylic acids is 1. The predicted molar refractivity (Wildman–Crippen MR) is 77.5 cm³/mol. The topological polar surface area (TPSA) is 55.1 Å². The van der Waals surface area contributed by atoms with Gasteiger partial charge in [-0.15, -0.1) is 0 Å². The third-order valence-electron chi connectivity index (χ3n) is 4.53. The molecule has 0 bridgehead atoms. The number of benzene rings is 1. The van der Waals surface area contributed by atoms with Crippen molar-refractivity contribution < 1.29 is 9.18 Å². The summed E-state index contributed by atoms with van der Waals surface area (Å²) in [5.74, 6) is -0.213. The molecule has 0 saturated heterocycles. The maximum absolute atomic E-state index is 13.0. The Kier molecular flexibility index (Phi) is 4.43. The van der Waals surface area contributed by atoms with Crippen molar-refractivity contribution in [2.24, 2.45) is 11.7 Å². The van der Waals surface area contributed by atoms with Crippen LogP contribution in [0.1, 0.15) is 45.1 Å². The van der Waals surface area contributed by atoms with E-state index in [1.807, 2.05) is 13.8 Å². The molecule has 0 aromatic heterocycles. The minimum absolute atomic E-state index is 0.108. The molecule has 3 nitrogen and oxygen atoms in total. The summed E-state index contributed by atoms with van der Waals surface area (Å²) in [6.07, 6.45) is 3.71. The molecule has 3 N–H and O–H groups in total. The van der Waals surface area contributed by atoms with Gasteiger partial charge < -0.3 is 11.1 Å². The van der Waals surface area contributed by atoms with E-state index in [0.29, 0.717) is 0 Å². The largest absolute Gasteiger partial charge is 0.345 e. The third kappa shape index (κ3) is 2.85. The van der Waals surface area contributed by atoms with E-state index < -0.39 is 6.04 Å². The Morgan fingerprint density at radius 1 is 1.40 bits per heavy atom. The van der Waals surface area contributed by atoms with E-state index in [-0.39, 0.29) is 23.2 Å². The van der Waals surface area contributed by atoms with Crippen LogP contribution in [0.2, 0.25) is 0 Å². The summed E-state index contributed by atoms with van der Waals surface area (Å²) in [5.41, 5.74) is 6.60. The molecule has 1 amide bonds. The molecule has 1 fully saturated rings. The van der Waals surface area contributed by atoms with Crippen LogP contribution in [0.3, 0.4) is 0 Å². The molecule has 0 spiro atoms. The molecule has 0 heterocycles. The monoisotopic (exact) mass is 278 g/mol. The zero-order chi connectivity index (χ0) is 14.8. The van der Waals surface area contributed by atoms with E-state index in [2.05, 4.69) is 5.32 Å². The highest BCUT2D eigenvalue weighted by atomic mass is 19.1. The van der Waals surface area contributed by atoms with E-state index in [4.69, 9.17) is 5.73 Å². The lowest BCUT2D eigenvalue weighted by atomic mass is 9.71. The Labute approximate surface area is 119 Å². The molecule has 4 heteroatoms. The Morgan fingerprint density at radius 2 is 2.00 bits per heavy atom. The van der Waals surface area contributed by atoms with Crippen molar-refractivity contribution in [1.29, 1.82) is 0 Å². The van der Waals surface area contributed by atoms with Crippen molar-refractivity contribution in [1.82, 2.24) is 5.32 Å². The number of hydrogen-bond acceptors (Lipinski definition) is 2. The van der Waals surface area contributed by atoms with Gasteiger partial charge in [-0.2, -0.15) is 0 Å². The number of carbonyl (C=O) groups is 1. The average molecular weight is 278 g/mol. The van der Waals surface area contributed by atoms with Gasteiger partial charge in [0.1, 0.15) is 5.82 Å². The van der Waals surface area contributed by atoms with Gasteiger partial charge in [0, 0.05) is 0 Å². The van der Waals surface area contributed by atoms with Gasteiger partial charge in [0.05, 0.1) is 11.6 Å². The maximum atomic E-state index is 13.0. The molecule has 1 saturated carbocycles. The van der Waals surface area contributed by atoms with E-state index in [1.54, 1.807) is 12.1 Å². The summed E-state index contributed by atoms with van der Waals surface area (Å²) >= 11 is 0. The normalized spacial score (nSPS) is 19.8. The highest BCUT2D eigenvalue weighted by Crippen LogP contribution is 2.41. The fourth-order valence-corrected chi connectivity index (χ4v) is 2.62. The number of rotatable bonds is 5. The Morgan fingerprint density at radius 3 is 2.45 bits per heavy atom. The van der Waals surface area contributed by atoms with E-state index >= 15 is 0 Å². The van der Waals surface area contributed by atoms with Crippen molar-refractivity contribution in [3.05, 3.63) is 35.6 Å². The minimum Gasteiger partial charge on any atom is -0.345 e. The Balaban J connectivity index is 2.12. The summed E-state index contributed by atoms with van der Waals surface area (Å²) in [7, 11) is 0. The average Bonchev–Trinajstić information content (AvgIpc) is 2.42. The zero-order valence-electron chi connectivity index (χ0n) is 12.2. The van der Waals surface area contributed by atoms with Gasteiger partial charge in [-0.05, 0) is 42.9 Å².